The van der Waals surface area contributed by atoms with Crippen molar-refractivity contribution < 1.29 is 9.53 Å². The van der Waals surface area contributed by atoms with Crippen LogP contribution in [0, 0.1) is 20.8 Å². The van der Waals surface area contributed by atoms with Gasteiger partial charge in [-0.15, -0.1) is 0 Å². The Morgan fingerprint density at radius 2 is 1.83 bits per heavy atom. The maximum absolute atomic E-state index is 11.7. The van der Waals surface area contributed by atoms with Crippen molar-refractivity contribution in [2.24, 2.45) is 0 Å². The maximum atomic E-state index is 11.7. The van der Waals surface area contributed by atoms with E-state index >= 15 is 0 Å². The van der Waals surface area contributed by atoms with Gasteiger partial charge in [-0.1, -0.05) is 29.8 Å². The van der Waals surface area contributed by atoms with Crippen LogP contribution in [0.15, 0.2) is 30.3 Å². The molecule has 0 aliphatic heterocycles. The molecule has 23 heavy (non-hydrogen) atoms. The van der Waals surface area contributed by atoms with Crippen molar-refractivity contribution >= 4 is 17.5 Å². The molecule has 2 rings (SSSR count). The molecule has 1 amide bonds. The van der Waals surface area contributed by atoms with Crippen molar-refractivity contribution in [1.29, 1.82) is 0 Å². The van der Waals surface area contributed by atoms with Gasteiger partial charge in [-0.25, -0.2) is 0 Å². The molecular formula is C19H22ClNO2. The molecule has 0 aromatic heterocycles. The molecule has 0 unspecified atom stereocenters. The molecule has 0 aliphatic carbocycles. The van der Waals surface area contributed by atoms with E-state index in [0.29, 0.717) is 23.8 Å². The average Bonchev–Trinajstić information content (AvgIpc) is 2.51. The van der Waals surface area contributed by atoms with Gasteiger partial charge in [0.15, 0.2) is 0 Å². The Kier molecular flexibility index (Phi) is 5.67. The van der Waals surface area contributed by atoms with Gasteiger partial charge in [0.05, 0.1) is 11.4 Å². The Balaban J connectivity index is 2.23. The largest absolute Gasteiger partial charge is 0.487 e. The predicted molar refractivity (Wildman–Crippen MR) is 94.2 cm³/mol. The third-order valence-electron chi connectivity index (χ3n) is 4.06. The van der Waals surface area contributed by atoms with Crippen molar-refractivity contribution in [3.63, 3.8) is 0 Å². The molecule has 0 atom stereocenters. The van der Waals surface area contributed by atoms with Gasteiger partial charge in [0.25, 0.3) is 0 Å². The number of likely N-dealkylation sites (N-methyl/N-ethyl adjacent to an activating group) is 1. The minimum absolute atomic E-state index is 0.0129. The summed E-state index contributed by atoms with van der Waals surface area (Å²) < 4.78 is 5.93. The zero-order valence-corrected chi connectivity index (χ0v) is 14.8. The van der Waals surface area contributed by atoms with Crippen LogP contribution in [0.2, 0.25) is 5.02 Å². The Labute approximate surface area is 142 Å². The number of hydrogen-bond donors (Lipinski definition) is 1. The van der Waals surface area contributed by atoms with Gasteiger partial charge in [0.1, 0.15) is 12.4 Å². The molecule has 0 fully saturated rings. The lowest BCUT2D eigenvalue weighted by molar-refractivity contribution is -0.119. The summed E-state index contributed by atoms with van der Waals surface area (Å²) in [5.41, 5.74) is 5.39. The summed E-state index contributed by atoms with van der Waals surface area (Å²) in [4.78, 5) is 11.7. The maximum Gasteiger partial charge on any atom is 0.224 e. The van der Waals surface area contributed by atoms with Crippen LogP contribution in [0.1, 0.15) is 27.8 Å². The molecule has 4 heteroatoms. The van der Waals surface area contributed by atoms with Crippen LogP contribution in [0.4, 0.5) is 0 Å². The third-order valence-corrected chi connectivity index (χ3v) is 4.35. The monoisotopic (exact) mass is 331 g/mol. The molecule has 0 spiro atoms. The van der Waals surface area contributed by atoms with Crippen LogP contribution in [0.3, 0.4) is 0 Å². The first-order valence-electron chi connectivity index (χ1n) is 7.60. The number of carbonyl (C=O) groups excluding carboxylic acids is 1. The fraction of sp³-hybridized carbons (Fsp3) is 0.316. The van der Waals surface area contributed by atoms with Crippen molar-refractivity contribution in [3.05, 3.63) is 63.2 Å². The highest BCUT2D eigenvalue weighted by Gasteiger charge is 2.11. The van der Waals surface area contributed by atoms with Crippen molar-refractivity contribution in [1.82, 2.24) is 5.32 Å². The van der Waals surface area contributed by atoms with E-state index in [1.54, 1.807) is 7.05 Å². The van der Waals surface area contributed by atoms with E-state index in [9.17, 15) is 4.79 Å². The number of amides is 1. The highest BCUT2D eigenvalue weighted by molar-refractivity contribution is 6.32. The zero-order chi connectivity index (χ0) is 17.0. The molecule has 1 N–H and O–H groups in total. The minimum atomic E-state index is -0.0129. The van der Waals surface area contributed by atoms with E-state index in [4.69, 9.17) is 16.3 Å². The summed E-state index contributed by atoms with van der Waals surface area (Å²) in [6.07, 6.45) is 0.345. The van der Waals surface area contributed by atoms with Gasteiger partial charge < -0.3 is 10.1 Å². The first-order valence-corrected chi connectivity index (χ1v) is 7.97. The fourth-order valence-electron chi connectivity index (χ4n) is 2.41. The van der Waals surface area contributed by atoms with E-state index in [0.717, 1.165) is 27.8 Å². The van der Waals surface area contributed by atoms with E-state index in [1.165, 1.54) is 0 Å². The molecule has 0 saturated heterocycles. The molecule has 122 valence electrons. The lowest BCUT2D eigenvalue weighted by Gasteiger charge is -2.15. The molecule has 0 saturated carbocycles. The van der Waals surface area contributed by atoms with E-state index in [2.05, 4.69) is 5.32 Å². The quantitative estimate of drug-likeness (QED) is 0.894. The number of nitrogens with one attached hydrogen (secondary N) is 1. The van der Waals surface area contributed by atoms with E-state index in [-0.39, 0.29) is 5.91 Å². The SMILES string of the molecule is CNC(=O)Cc1cccc(C)c1COc1cc(C)c(C)cc1Cl. The van der Waals surface area contributed by atoms with Gasteiger partial charge in [-0.3, -0.25) is 4.79 Å². The Hall–Kier alpha value is -2.00. The number of halogens is 1. The third kappa shape index (κ3) is 4.26. The molecule has 0 heterocycles. The van der Waals surface area contributed by atoms with E-state index < -0.39 is 0 Å². The summed E-state index contributed by atoms with van der Waals surface area (Å²) >= 11 is 6.26. The van der Waals surface area contributed by atoms with Crippen LogP contribution in [-0.2, 0) is 17.8 Å². The van der Waals surface area contributed by atoms with Gasteiger partial charge in [-0.2, -0.15) is 0 Å². The minimum Gasteiger partial charge on any atom is -0.487 e. The van der Waals surface area contributed by atoms with Crippen molar-refractivity contribution in [2.75, 3.05) is 7.05 Å². The number of benzene rings is 2. The van der Waals surface area contributed by atoms with Gasteiger partial charge in [0.2, 0.25) is 5.91 Å². The first-order chi connectivity index (χ1) is 10.9. The molecule has 0 radical (unpaired) electrons. The van der Waals surface area contributed by atoms with Gasteiger partial charge >= 0.3 is 0 Å². The summed E-state index contributed by atoms with van der Waals surface area (Å²) in [7, 11) is 1.64. The number of carbonyl (C=O) groups is 1. The summed E-state index contributed by atoms with van der Waals surface area (Å²) in [6.45, 7) is 6.46. The number of aryl methyl sites for hydroxylation is 3. The molecule has 2 aromatic carbocycles. The van der Waals surface area contributed by atoms with Crippen molar-refractivity contribution in [2.45, 2.75) is 33.8 Å². The second-order valence-electron chi connectivity index (χ2n) is 5.72. The summed E-state index contributed by atoms with van der Waals surface area (Å²) in [5.74, 6) is 0.657. The Morgan fingerprint density at radius 1 is 1.13 bits per heavy atom. The Morgan fingerprint density at radius 3 is 2.52 bits per heavy atom. The fourth-order valence-corrected chi connectivity index (χ4v) is 2.68. The average molecular weight is 332 g/mol. The van der Waals surface area contributed by atoms with Crippen molar-refractivity contribution in [3.8, 4) is 5.75 Å². The van der Waals surface area contributed by atoms with Crippen LogP contribution < -0.4 is 10.1 Å². The molecule has 3 nitrogen and oxygen atoms in total. The molecule has 0 aliphatic rings. The molecule has 0 bridgehead atoms. The predicted octanol–water partition coefficient (Wildman–Crippen LogP) is 4.13. The number of ether oxygens (including phenoxy) is 1. The highest BCUT2D eigenvalue weighted by Crippen LogP contribution is 2.29. The van der Waals surface area contributed by atoms with Gasteiger partial charge in [-0.05, 0) is 60.7 Å². The topological polar surface area (TPSA) is 38.3 Å². The van der Waals surface area contributed by atoms with Crippen LogP contribution >= 0.6 is 11.6 Å². The number of rotatable bonds is 5. The summed E-state index contributed by atoms with van der Waals surface area (Å²) in [6, 6.07) is 9.81. The van der Waals surface area contributed by atoms with E-state index in [1.807, 2.05) is 51.1 Å². The smallest absolute Gasteiger partial charge is 0.224 e. The lowest BCUT2D eigenvalue weighted by atomic mass is 10.00. The zero-order valence-electron chi connectivity index (χ0n) is 14.0. The molecular weight excluding hydrogens is 310 g/mol. The van der Waals surface area contributed by atoms with Crippen LogP contribution in [-0.4, -0.2) is 13.0 Å². The standard InChI is InChI=1S/C19H22ClNO2/c1-12-6-5-7-15(10-19(22)21-4)16(12)11-23-18-9-14(3)13(2)8-17(18)20/h5-9H,10-11H2,1-4H3,(H,21,22). The molecule has 2 aromatic rings. The summed E-state index contributed by atoms with van der Waals surface area (Å²) in [5, 5.41) is 3.26. The normalized spacial score (nSPS) is 10.5. The van der Waals surface area contributed by atoms with Crippen LogP contribution in [0.25, 0.3) is 0 Å². The lowest BCUT2D eigenvalue weighted by Crippen LogP contribution is -2.21. The van der Waals surface area contributed by atoms with Crippen LogP contribution in [0.5, 0.6) is 5.75 Å². The Bertz CT molecular complexity index is 726. The first kappa shape index (κ1) is 17.4. The highest BCUT2D eigenvalue weighted by atomic mass is 35.5. The second kappa shape index (κ2) is 7.51. The second-order valence-corrected chi connectivity index (χ2v) is 6.13. The number of hydrogen-bond acceptors (Lipinski definition) is 2. The van der Waals surface area contributed by atoms with Gasteiger partial charge in [0, 0.05) is 7.05 Å².